The Kier molecular flexibility index (Phi) is 5.77. The van der Waals surface area contributed by atoms with Gasteiger partial charge in [0.1, 0.15) is 0 Å². The van der Waals surface area contributed by atoms with E-state index in [9.17, 15) is 4.79 Å². The van der Waals surface area contributed by atoms with E-state index in [0.29, 0.717) is 6.54 Å². The molecule has 36 heavy (non-hydrogen) atoms. The van der Waals surface area contributed by atoms with E-state index in [1.807, 2.05) is 47.1 Å². The number of anilines is 1. The molecule has 1 fully saturated rings. The van der Waals surface area contributed by atoms with Crippen LogP contribution in [0.5, 0.6) is 0 Å². The molecule has 0 atom stereocenters. The molecule has 1 aliphatic heterocycles. The van der Waals surface area contributed by atoms with Crippen LogP contribution in [0.25, 0.3) is 22.0 Å². The fraction of sp³-hybridized carbons (Fsp3) is 0.310. The Morgan fingerprint density at radius 1 is 1.11 bits per heavy atom. The summed E-state index contributed by atoms with van der Waals surface area (Å²) >= 11 is 1.23. The number of carbonyl (C=O) groups is 1. The lowest BCUT2D eigenvalue weighted by molar-refractivity contribution is 0.245. The summed E-state index contributed by atoms with van der Waals surface area (Å²) in [5, 5.41) is 14.4. The minimum Gasteiger partial charge on any atom is -0.334 e. The van der Waals surface area contributed by atoms with Crippen molar-refractivity contribution in [3.05, 3.63) is 77.5 Å². The molecular weight excluding hydrogens is 466 g/mol. The topological polar surface area (TPSA) is 76.2 Å². The van der Waals surface area contributed by atoms with Gasteiger partial charge in [-0.3, -0.25) is 14.7 Å². The number of amides is 2. The Balaban J connectivity index is 1.32. The number of aryl methyl sites for hydroxylation is 2. The van der Waals surface area contributed by atoms with Crippen LogP contribution in [0.15, 0.2) is 65.7 Å². The van der Waals surface area contributed by atoms with Crippen LogP contribution in [0.2, 0.25) is 0 Å². The highest BCUT2D eigenvalue weighted by molar-refractivity contribution is 7.97. The summed E-state index contributed by atoms with van der Waals surface area (Å²) in [5.41, 5.74) is 8.28. The summed E-state index contributed by atoms with van der Waals surface area (Å²) in [6.45, 7) is 3.41. The van der Waals surface area contributed by atoms with Gasteiger partial charge in [-0.05, 0) is 95.9 Å². The minimum absolute atomic E-state index is 0.0301. The van der Waals surface area contributed by atoms with Gasteiger partial charge < -0.3 is 5.32 Å². The van der Waals surface area contributed by atoms with Gasteiger partial charge in [-0.25, -0.2) is 4.79 Å². The zero-order valence-electron chi connectivity index (χ0n) is 20.8. The molecule has 1 spiro atoms. The standard InChI is InChI=1S/C29H31N5OS/c1-19-13-22-17-32-33(2)27(22)15-24(19)21-7-10-26-25(14-21)29(11-3-4-12-29)18-34(26)28(35)31-16-20-5-8-23(36-30)9-6-20/h5-10,13-15,17H,3-4,11-12,16,18,30H2,1-2H3,(H,31,35). The molecule has 2 heterocycles. The number of fused-ring (bicyclic) bond motifs is 3. The largest absolute Gasteiger partial charge is 0.334 e. The van der Waals surface area contributed by atoms with Crippen LogP contribution in [-0.2, 0) is 19.0 Å². The first kappa shape index (κ1) is 23.1. The molecule has 3 N–H and O–H groups in total. The number of nitrogens with one attached hydrogen (secondary N) is 1. The third-order valence-corrected chi connectivity index (χ3v) is 8.58. The summed E-state index contributed by atoms with van der Waals surface area (Å²) < 4.78 is 1.93. The first-order valence-corrected chi connectivity index (χ1v) is 13.4. The van der Waals surface area contributed by atoms with E-state index in [-0.39, 0.29) is 11.4 Å². The number of carbonyl (C=O) groups excluding carboxylic acids is 1. The third kappa shape index (κ3) is 3.87. The van der Waals surface area contributed by atoms with E-state index in [0.717, 1.165) is 46.4 Å². The predicted octanol–water partition coefficient (Wildman–Crippen LogP) is 6.06. The highest BCUT2D eigenvalue weighted by Gasteiger charge is 2.46. The number of rotatable bonds is 4. The molecule has 184 valence electrons. The fourth-order valence-electron chi connectivity index (χ4n) is 6.08. The molecule has 0 saturated heterocycles. The van der Waals surface area contributed by atoms with Gasteiger partial charge in [0.05, 0.1) is 11.7 Å². The molecule has 1 aliphatic carbocycles. The first-order valence-electron chi connectivity index (χ1n) is 12.6. The smallest absolute Gasteiger partial charge is 0.322 e. The molecule has 3 aromatic carbocycles. The first-order chi connectivity index (χ1) is 17.5. The van der Waals surface area contributed by atoms with Crippen molar-refractivity contribution in [1.29, 1.82) is 0 Å². The molecule has 1 aromatic heterocycles. The quantitative estimate of drug-likeness (QED) is 0.336. The van der Waals surface area contributed by atoms with Gasteiger partial charge in [0.15, 0.2) is 0 Å². The Morgan fingerprint density at radius 2 is 1.89 bits per heavy atom. The van der Waals surface area contributed by atoms with E-state index in [4.69, 9.17) is 5.14 Å². The molecular formula is C29H31N5OS. The Labute approximate surface area is 216 Å². The summed E-state index contributed by atoms with van der Waals surface area (Å²) in [6.07, 6.45) is 6.61. The van der Waals surface area contributed by atoms with E-state index < -0.39 is 0 Å². The van der Waals surface area contributed by atoms with Crippen LogP contribution in [0.1, 0.15) is 42.4 Å². The van der Waals surface area contributed by atoms with Crippen LogP contribution >= 0.6 is 11.9 Å². The second kappa shape index (κ2) is 8.98. The van der Waals surface area contributed by atoms with Gasteiger partial charge in [0, 0.05) is 41.5 Å². The Hall–Kier alpha value is -3.29. The molecule has 2 amide bonds. The Bertz CT molecular complexity index is 1450. The van der Waals surface area contributed by atoms with Crippen molar-refractivity contribution in [2.75, 3.05) is 11.4 Å². The summed E-state index contributed by atoms with van der Waals surface area (Å²) in [7, 11) is 1.99. The highest BCUT2D eigenvalue weighted by Crippen LogP contribution is 2.51. The highest BCUT2D eigenvalue weighted by atomic mass is 32.2. The second-order valence-corrected chi connectivity index (χ2v) is 10.9. The number of benzene rings is 3. The third-order valence-electron chi connectivity index (χ3n) is 8.03. The van der Waals surface area contributed by atoms with Crippen LogP contribution in [0.3, 0.4) is 0 Å². The van der Waals surface area contributed by atoms with E-state index in [2.05, 4.69) is 47.7 Å². The van der Waals surface area contributed by atoms with Gasteiger partial charge in [0.25, 0.3) is 0 Å². The summed E-state index contributed by atoms with van der Waals surface area (Å²) in [5.74, 6) is 0. The zero-order valence-corrected chi connectivity index (χ0v) is 21.6. The van der Waals surface area contributed by atoms with Crippen LogP contribution in [0.4, 0.5) is 10.5 Å². The van der Waals surface area contributed by atoms with Crippen molar-refractivity contribution >= 4 is 34.6 Å². The molecule has 4 aromatic rings. The van der Waals surface area contributed by atoms with Crippen molar-refractivity contribution < 1.29 is 4.79 Å². The molecule has 0 unspecified atom stereocenters. The number of nitrogens with zero attached hydrogens (tertiary/aromatic N) is 3. The number of nitrogens with two attached hydrogens (primary N) is 1. The maximum Gasteiger partial charge on any atom is 0.322 e. The van der Waals surface area contributed by atoms with E-state index in [1.54, 1.807) is 0 Å². The van der Waals surface area contributed by atoms with Gasteiger partial charge in [-0.15, -0.1) is 0 Å². The van der Waals surface area contributed by atoms with Crippen LogP contribution in [0, 0.1) is 6.92 Å². The molecule has 0 radical (unpaired) electrons. The SMILES string of the molecule is Cc1cc2cnn(C)c2cc1-c1ccc2c(c1)C1(CCCC1)CN2C(=O)NCc1ccc(SN)cc1. The maximum atomic E-state index is 13.4. The number of hydrogen-bond acceptors (Lipinski definition) is 4. The van der Waals surface area contributed by atoms with Gasteiger partial charge >= 0.3 is 6.03 Å². The molecule has 0 bridgehead atoms. The predicted molar refractivity (Wildman–Crippen MR) is 147 cm³/mol. The van der Waals surface area contributed by atoms with Crippen molar-refractivity contribution in [2.45, 2.75) is 49.5 Å². The molecule has 1 saturated carbocycles. The molecule has 2 aliphatic rings. The van der Waals surface area contributed by atoms with E-state index >= 15 is 0 Å². The van der Waals surface area contributed by atoms with Gasteiger partial charge in [0.2, 0.25) is 0 Å². The van der Waals surface area contributed by atoms with Crippen molar-refractivity contribution in [3.8, 4) is 11.1 Å². The molecule has 6 nitrogen and oxygen atoms in total. The zero-order chi connectivity index (χ0) is 24.9. The lowest BCUT2D eigenvalue weighted by atomic mass is 9.79. The van der Waals surface area contributed by atoms with Gasteiger partial charge in [-0.2, -0.15) is 5.10 Å². The van der Waals surface area contributed by atoms with Crippen molar-refractivity contribution in [1.82, 2.24) is 15.1 Å². The minimum atomic E-state index is -0.0301. The number of urea groups is 1. The maximum absolute atomic E-state index is 13.4. The van der Waals surface area contributed by atoms with Crippen molar-refractivity contribution in [3.63, 3.8) is 0 Å². The average Bonchev–Trinajstić information content (AvgIpc) is 3.61. The average molecular weight is 498 g/mol. The number of aromatic nitrogens is 2. The second-order valence-electron chi connectivity index (χ2n) is 10.2. The van der Waals surface area contributed by atoms with Gasteiger partial charge in [-0.1, -0.05) is 31.0 Å². The summed E-state index contributed by atoms with van der Waals surface area (Å²) in [4.78, 5) is 16.4. The van der Waals surface area contributed by atoms with Crippen molar-refractivity contribution in [2.24, 2.45) is 12.2 Å². The normalized spacial score (nSPS) is 16.1. The molecule has 6 rings (SSSR count). The van der Waals surface area contributed by atoms with E-state index in [1.165, 1.54) is 47.0 Å². The van der Waals surface area contributed by atoms with Crippen LogP contribution < -0.4 is 15.4 Å². The lowest BCUT2D eigenvalue weighted by Gasteiger charge is -2.25. The van der Waals surface area contributed by atoms with Crippen LogP contribution in [-0.4, -0.2) is 22.4 Å². The monoisotopic (exact) mass is 497 g/mol. The summed E-state index contributed by atoms with van der Waals surface area (Å²) in [6, 6.07) is 19.1. The Morgan fingerprint density at radius 3 is 2.64 bits per heavy atom. The lowest BCUT2D eigenvalue weighted by Crippen LogP contribution is -2.41. The number of hydrogen-bond donors (Lipinski definition) is 2. The molecule has 7 heteroatoms. The fourth-order valence-corrected chi connectivity index (χ4v) is 6.37.